The van der Waals surface area contributed by atoms with Crippen LogP contribution in [0.15, 0.2) is 77.3 Å². The number of nitrogens with one attached hydrogen (secondary N) is 2. The molecule has 0 aliphatic heterocycles. The summed E-state index contributed by atoms with van der Waals surface area (Å²) in [7, 11) is 3.13. The van der Waals surface area contributed by atoms with Crippen molar-refractivity contribution < 1.29 is 0 Å². The van der Waals surface area contributed by atoms with Crippen molar-refractivity contribution in [3.8, 4) is 5.69 Å². The first-order chi connectivity index (χ1) is 12.3. The molecule has 2 N–H and O–H groups in total. The predicted octanol–water partition coefficient (Wildman–Crippen LogP) is 5.03. The fourth-order valence-electron chi connectivity index (χ4n) is 2.73. The molecule has 0 saturated carbocycles. The van der Waals surface area contributed by atoms with Crippen LogP contribution in [0.5, 0.6) is 0 Å². The van der Waals surface area contributed by atoms with Crippen LogP contribution in [-0.4, -0.2) is 24.5 Å². The standard InChI is InChI=1S/C18H13N5S2/c1-2-6-14-13(5-1)19-17(20-14)24-25-18-21-15-8-7-12(11-16(15)22-18)23-9-3-4-10-23/h1-11H,(H,19,20)(H,21,22). The number of H-pyrrole nitrogens is 2. The second-order valence-corrected chi connectivity index (χ2v) is 7.67. The van der Waals surface area contributed by atoms with E-state index in [9.17, 15) is 0 Å². The molecule has 7 heteroatoms. The molecule has 5 rings (SSSR count). The molecule has 122 valence electrons. The van der Waals surface area contributed by atoms with E-state index in [1.54, 1.807) is 21.6 Å². The summed E-state index contributed by atoms with van der Waals surface area (Å²) >= 11 is 0. The lowest BCUT2D eigenvalue weighted by Crippen LogP contribution is -1.88. The Labute approximate surface area is 151 Å². The van der Waals surface area contributed by atoms with Crippen LogP contribution in [0.25, 0.3) is 27.8 Å². The monoisotopic (exact) mass is 363 g/mol. The molecule has 0 aliphatic rings. The second-order valence-electron chi connectivity index (χ2n) is 5.56. The van der Waals surface area contributed by atoms with Crippen molar-refractivity contribution in [1.29, 1.82) is 0 Å². The van der Waals surface area contributed by atoms with E-state index in [-0.39, 0.29) is 0 Å². The van der Waals surface area contributed by atoms with E-state index in [2.05, 4.69) is 36.6 Å². The molecule has 0 radical (unpaired) electrons. The van der Waals surface area contributed by atoms with E-state index in [1.807, 2.05) is 54.9 Å². The van der Waals surface area contributed by atoms with E-state index < -0.39 is 0 Å². The maximum Gasteiger partial charge on any atom is 0.177 e. The van der Waals surface area contributed by atoms with Gasteiger partial charge in [0, 0.05) is 18.1 Å². The Morgan fingerprint density at radius 3 is 2.16 bits per heavy atom. The first kappa shape index (κ1) is 14.7. The number of para-hydroxylation sites is 2. The summed E-state index contributed by atoms with van der Waals surface area (Å²) in [6, 6.07) is 18.3. The highest BCUT2D eigenvalue weighted by Crippen LogP contribution is 2.36. The molecule has 0 fully saturated rings. The molecular formula is C18H13N5S2. The van der Waals surface area contributed by atoms with Crippen LogP contribution in [0.2, 0.25) is 0 Å². The van der Waals surface area contributed by atoms with E-state index in [0.717, 1.165) is 38.1 Å². The Morgan fingerprint density at radius 2 is 1.40 bits per heavy atom. The van der Waals surface area contributed by atoms with Crippen molar-refractivity contribution in [2.45, 2.75) is 10.3 Å². The molecule has 3 heterocycles. The molecule has 5 nitrogen and oxygen atoms in total. The number of aromatic amines is 2. The average Bonchev–Trinajstić information content (AvgIpc) is 3.37. The maximum atomic E-state index is 4.64. The fraction of sp³-hybridized carbons (Fsp3) is 0. The maximum absolute atomic E-state index is 4.64. The Hall–Kier alpha value is -2.64. The average molecular weight is 363 g/mol. The highest BCUT2D eigenvalue weighted by atomic mass is 33.1. The van der Waals surface area contributed by atoms with E-state index >= 15 is 0 Å². The smallest absolute Gasteiger partial charge is 0.177 e. The summed E-state index contributed by atoms with van der Waals surface area (Å²) in [6.07, 6.45) is 4.06. The summed E-state index contributed by atoms with van der Waals surface area (Å²) in [5.74, 6) is 0. The lowest BCUT2D eigenvalue weighted by Gasteiger charge is -2.01. The third-order valence-corrected chi connectivity index (χ3v) is 5.90. The van der Waals surface area contributed by atoms with Gasteiger partial charge in [0.05, 0.1) is 22.1 Å². The van der Waals surface area contributed by atoms with Crippen molar-refractivity contribution in [3.63, 3.8) is 0 Å². The van der Waals surface area contributed by atoms with Gasteiger partial charge < -0.3 is 14.5 Å². The SMILES string of the molecule is c1ccc2[nH]c(SSc3nc4ccc(-n5cccc5)cc4[nH]3)nc2c1. The zero-order valence-electron chi connectivity index (χ0n) is 13.0. The van der Waals surface area contributed by atoms with Gasteiger partial charge in [-0.2, -0.15) is 0 Å². The molecule has 0 aliphatic carbocycles. The van der Waals surface area contributed by atoms with Crippen LogP contribution in [0.4, 0.5) is 0 Å². The van der Waals surface area contributed by atoms with Crippen LogP contribution in [-0.2, 0) is 0 Å². The largest absolute Gasteiger partial charge is 0.332 e. The molecule has 0 bridgehead atoms. The molecule has 2 aromatic carbocycles. The Bertz CT molecular complexity index is 1120. The van der Waals surface area contributed by atoms with Gasteiger partial charge in [0.2, 0.25) is 0 Å². The Balaban J connectivity index is 1.39. The fourth-order valence-corrected chi connectivity index (χ4v) is 4.41. The van der Waals surface area contributed by atoms with Crippen LogP contribution in [0.3, 0.4) is 0 Å². The van der Waals surface area contributed by atoms with Crippen molar-refractivity contribution in [2.24, 2.45) is 0 Å². The van der Waals surface area contributed by atoms with Gasteiger partial charge in [-0.1, -0.05) is 12.1 Å². The van der Waals surface area contributed by atoms with Gasteiger partial charge >= 0.3 is 0 Å². The van der Waals surface area contributed by atoms with Crippen molar-refractivity contribution in [3.05, 3.63) is 67.0 Å². The predicted molar refractivity (Wildman–Crippen MR) is 103 cm³/mol. The minimum atomic E-state index is 0.866. The molecule has 25 heavy (non-hydrogen) atoms. The van der Waals surface area contributed by atoms with Gasteiger partial charge in [0.1, 0.15) is 0 Å². The molecule has 3 aromatic heterocycles. The number of fused-ring (bicyclic) bond motifs is 2. The number of aromatic nitrogens is 5. The zero-order valence-corrected chi connectivity index (χ0v) is 14.6. The van der Waals surface area contributed by atoms with Gasteiger partial charge in [-0.15, -0.1) is 0 Å². The third kappa shape index (κ3) is 2.81. The molecule has 0 spiro atoms. The van der Waals surface area contributed by atoms with Crippen LogP contribution < -0.4 is 0 Å². The van der Waals surface area contributed by atoms with Gasteiger partial charge in [-0.05, 0) is 64.1 Å². The lowest BCUT2D eigenvalue weighted by molar-refractivity contribution is 1.08. The topological polar surface area (TPSA) is 62.3 Å². The molecule has 0 amide bonds. The van der Waals surface area contributed by atoms with Gasteiger partial charge in [-0.25, -0.2) is 9.97 Å². The second kappa shape index (κ2) is 6.02. The van der Waals surface area contributed by atoms with Gasteiger partial charge in [0.15, 0.2) is 10.3 Å². The van der Waals surface area contributed by atoms with E-state index in [4.69, 9.17) is 0 Å². The number of benzene rings is 2. The third-order valence-electron chi connectivity index (χ3n) is 3.91. The Kier molecular flexibility index (Phi) is 3.53. The highest BCUT2D eigenvalue weighted by Gasteiger charge is 2.08. The minimum absolute atomic E-state index is 0.866. The first-order valence-corrected chi connectivity index (χ1v) is 9.92. The van der Waals surface area contributed by atoms with Gasteiger partial charge in [0.25, 0.3) is 0 Å². The van der Waals surface area contributed by atoms with E-state index in [0.29, 0.717) is 0 Å². The zero-order chi connectivity index (χ0) is 16.6. The van der Waals surface area contributed by atoms with Gasteiger partial charge in [-0.3, -0.25) is 0 Å². The molecule has 0 atom stereocenters. The van der Waals surface area contributed by atoms with Crippen molar-refractivity contribution in [2.75, 3.05) is 0 Å². The molecule has 0 unspecified atom stereocenters. The van der Waals surface area contributed by atoms with Crippen LogP contribution >= 0.6 is 21.6 Å². The number of hydrogen-bond acceptors (Lipinski definition) is 4. The number of hydrogen-bond donors (Lipinski definition) is 2. The van der Waals surface area contributed by atoms with Crippen LogP contribution in [0, 0.1) is 0 Å². The van der Waals surface area contributed by atoms with E-state index in [1.165, 1.54) is 0 Å². The summed E-state index contributed by atoms with van der Waals surface area (Å²) in [5.41, 5.74) is 5.13. The van der Waals surface area contributed by atoms with Crippen LogP contribution in [0.1, 0.15) is 0 Å². The minimum Gasteiger partial charge on any atom is -0.332 e. The first-order valence-electron chi connectivity index (χ1n) is 7.77. The number of imidazole rings is 2. The number of nitrogens with zero attached hydrogens (tertiary/aromatic N) is 3. The Morgan fingerprint density at radius 1 is 0.720 bits per heavy atom. The number of rotatable bonds is 4. The summed E-state index contributed by atoms with van der Waals surface area (Å²) in [6.45, 7) is 0. The van der Waals surface area contributed by atoms with Crippen molar-refractivity contribution in [1.82, 2.24) is 24.5 Å². The highest BCUT2D eigenvalue weighted by molar-refractivity contribution is 8.76. The molecule has 5 aromatic rings. The normalized spacial score (nSPS) is 11.5. The quantitative estimate of drug-likeness (QED) is 0.440. The summed E-state index contributed by atoms with van der Waals surface area (Å²) < 4.78 is 2.08. The summed E-state index contributed by atoms with van der Waals surface area (Å²) in [5, 5.41) is 1.74. The summed E-state index contributed by atoms with van der Waals surface area (Å²) in [4.78, 5) is 15.9. The molecular weight excluding hydrogens is 350 g/mol. The van der Waals surface area contributed by atoms with Crippen molar-refractivity contribution >= 4 is 43.7 Å². The lowest BCUT2D eigenvalue weighted by atomic mass is 10.3. The molecule has 0 saturated heterocycles.